The maximum absolute atomic E-state index is 12.9. The Bertz CT molecular complexity index is 924. The summed E-state index contributed by atoms with van der Waals surface area (Å²) >= 11 is 6.10. The number of rotatable bonds is 6. The largest absolute Gasteiger partial charge is 0.322 e. The zero-order valence-corrected chi connectivity index (χ0v) is 15.7. The van der Waals surface area contributed by atoms with E-state index in [1.165, 1.54) is 18.2 Å². The lowest BCUT2D eigenvalue weighted by Gasteiger charge is -2.24. The van der Waals surface area contributed by atoms with E-state index in [1.54, 1.807) is 4.90 Å². The first kappa shape index (κ1) is 19.4. The van der Waals surface area contributed by atoms with Crippen molar-refractivity contribution in [2.45, 2.75) is 13.1 Å². The molecule has 28 heavy (non-hydrogen) atoms. The number of nitrogens with zero attached hydrogens (tertiary/aromatic N) is 2. The van der Waals surface area contributed by atoms with Gasteiger partial charge in [0.25, 0.3) is 5.69 Å². The van der Waals surface area contributed by atoms with Crippen molar-refractivity contribution in [3.63, 3.8) is 0 Å². The minimum absolute atomic E-state index is 0.113. The average molecular weight is 396 g/mol. The van der Waals surface area contributed by atoms with Crippen molar-refractivity contribution in [3.05, 3.63) is 105 Å². The van der Waals surface area contributed by atoms with Gasteiger partial charge in [0.2, 0.25) is 0 Å². The fraction of sp³-hybridized carbons (Fsp3) is 0.0952. The van der Waals surface area contributed by atoms with Crippen LogP contribution in [-0.2, 0) is 13.1 Å². The summed E-state index contributed by atoms with van der Waals surface area (Å²) in [7, 11) is 0. The number of hydrogen-bond acceptors (Lipinski definition) is 3. The van der Waals surface area contributed by atoms with E-state index in [9.17, 15) is 14.9 Å². The van der Waals surface area contributed by atoms with E-state index in [2.05, 4.69) is 5.32 Å². The summed E-state index contributed by atoms with van der Waals surface area (Å²) in [4.78, 5) is 24.9. The second-order valence-corrected chi connectivity index (χ2v) is 6.59. The number of amides is 2. The van der Waals surface area contributed by atoms with Gasteiger partial charge in [-0.1, -0.05) is 72.3 Å². The first-order chi connectivity index (χ1) is 13.5. The standard InChI is InChI=1S/C21H18ClN3O3/c22-19-13-18(25(27)28)11-12-20(19)23-21(26)24(14-16-7-3-1-4-8-16)15-17-9-5-2-6-10-17/h1-13H,14-15H2,(H,23,26). The van der Waals surface area contributed by atoms with Gasteiger partial charge in [0, 0.05) is 25.2 Å². The lowest BCUT2D eigenvalue weighted by molar-refractivity contribution is -0.384. The van der Waals surface area contributed by atoms with Crippen molar-refractivity contribution < 1.29 is 9.72 Å². The minimum atomic E-state index is -0.533. The number of carbonyl (C=O) groups excluding carboxylic acids is 1. The molecule has 0 aliphatic heterocycles. The van der Waals surface area contributed by atoms with E-state index in [4.69, 9.17) is 11.6 Å². The third-order valence-electron chi connectivity index (χ3n) is 4.12. The molecule has 0 saturated carbocycles. The first-order valence-electron chi connectivity index (χ1n) is 8.60. The van der Waals surface area contributed by atoms with Gasteiger partial charge in [-0.25, -0.2) is 4.79 Å². The Morgan fingerprint density at radius 1 is 0.929 bits per heavy atom. The van der Waals surface area contributed by atoms with Crippen LogP contribution in [0.1, 0.15) is 11.1 Å². The molecule has 0 fully saturated rings. The van der Waals surface area contributed by atoms with Crippen molar-refractivity contribution in [2.24, 2.45) is 0 Å². The van der Waals surface area contributed by atoms with Crippen LogP contribution in [0.4, 0.5) is 16.2 Å². The smallest absolute Gasteiger partial charge is 0.316 e. The average Bonchev–Trinajstić information content (AvgIpc) is 2.70. The maximum atomic E-state index is 12.9. The van der Waals surface area contributed by atoms with Gasteiger partial charge in [-0.2, -0.15) is 0 Å². The highest BCUT2D eigenvalue weighted by molar-refractivity contribution is 6.33. The van der Waals surface area contributed by atoms with Crippen LogP contribution >= 0.6 is 11.6 Å². The van der Waals surface area contributed by atoms with Gasteiger partial charge in [0.1, 0.15) is 0 Å². The van der Waals surface area contributed by atoms with Crippen LogP contribution in [0, 0.1) is 10.1 Å². The zero-order valence-electron chi connectivity index (χ0n) is 14.9. The highest BCUT2D eigenvalue weighted by atomic mass is 35.5. The molecular formula is C21H18ClN3O3. The molecule has 142 valence electrons. The van der Waals surface area contributed by atoms with Crippen molar-refractivity contribution in [1.82, 2.24) is 4.90 Å². The van der Waals surface area contributed by atoms with Gasteiger partial charge < -0.3 is 10.2 Å². The third-order valence-corrected chi connectivity index (χ3v) is 4.44. The fourth-order valence-electron chi connectivity index (χ4n) is 2.72. The normalized spacial score (nSPS) is 10.3. The van der Waals surface area contributed by atoms with Crippen LogP contribution in [-0.4, -0.2) is 15.9 Å². The maximum Gasteiger partial charge on any atom is 0.322 e. The van der Waals surface area contributed by atoms with E-state index in [0.717, 1.165) is 11.1 Å². The summed E-state index contributed by atoms with van der Waals surface area (Å²) in [5.74, 6) is 0. The van der Waals surface area contributed by atoms with Crippen molar-refractivity contribution in [1.29, 1.82) is 0 Å². The van der Waals surface area contributed by atoms with Crippen LogP contribution in [0.2, 0.25) is 5.02 Å². The first-order valence-corrected chi connectivity index (χ1v) is 8.98. The topological polar surface area (TPSA) is 75.5 Å². The number of anilines is 1. The highest BCUT2D eigenvalue weighted by Gasteiger charge is 2.17. The van der Waals surface area contributed by atoms with E-state index >= 15 is 0 Å². The molecule has 3 aromatic rings. The molecule has 0 bridgehead atoms. The SMILES string of the molecule is O=C(Nc1ccc([N+](=O)[O-])cc1Cl)N(Cc1ccccc1)Cc1ccccc1. The molecular weight excluding hydrogens is 378 g/mol. The summed E-state index contributed by atoms with van der Waals surface area (Å²) in [5.41, 5.74) is 2.17. The Balaban J connectivity index is 1.80. The van der Waals surface area contributed by atoms with Gasteiger partial charge >= 0.3 is 6.03 Å². The number of nitro groups is 1. The quantitative estimate of drug-likeness (QED) is 0.443. The molecule has 3 aromatic carbocycles. The lowest BCUT2D eigenvalue weighted by atomic mass is 10.2. The molecule has 0 saturated heterocycles. The fourth-order valence-corrected chi connectivity index (χ4v) is 2.94. The molecule has 1 N–H and O–H groups in total. The number of non-ortho nitro benzene ring substituents is 1. The Kier molecular flexibility index (Phi) is 6.24. The van der Waals surface area contributed by atoms with E-state index in [-0.39, 0.29) is 16.7 Å². The van der Waals surface area contributed by atoms with Crippen LogP contribution in [0.25, 0.3) is 0 Å². The predicted molar refractivity (Wildman–Crippen MR) is 109 cm³/mol. The summed E-state index contributed by atoms with van der Waals surface area (Å²) in [5, 5.41) is 13.7. The number of nitrogens with one attached hydrogen (secondary N) is 1. The summed E-state index contributed by atoms with van der Waals surface area (Å²) in [6.45, 7) is 0.818. The Labute approximate surface area is 167 Å². The summed E-state index contributed by atoms with van der Waals surface area (Å²) in [6.07, 6.45) is 0. The molecule has 2 amide bonds. The predicted octanol–water partition coefficient (Wildman–Crippen LogP) is 5.48. The van der Waals surface area contributed by atoms with Crippen LogP contribution < -0.4 is 5.32 Å². The Morgan fingerprint density at radius 2 is 1.46 bits per heavy atom. The molecule has 0 spiro atoms. The van der Waals surface area contributed by atoms with Gasteiger partial charge in [-0.3, -0.25) is 10.1 Å². The number of nitro benzene ring substituents is 1. The number of urea groups is 1. The molecule has 3 rings (SSSR count). The molecule has 0 aliphatic rings. The Morgan fingerprint density at radius 3 is 1.93 bits per heavy atom. The van der Waals surface area contributed by atoms with Crippen molar-refractivity contribution in [3.8, 4) is 0 Å². The van der Waals surface area contributed by atoms with Crippen LogP contribution in [0.3, 0.4) is 0 Å². The van der Waals surface area contributed by atoms with E-state index in [0.29, 0.717) is 18.8 Å². The second kappa shape index (κ2) is 9.01. The minimum Gasteiger partial charge on any atom is -0.316 e. The van der Waals surface area contributed by atoms with E-state index in [1.807, 2.05) is 60.7 Å². The van der Waals surface area contributed by atoms with Gasteiger partial charge in [-0.05, 0) is 17.2 Å². The second-order valence-electron chi connectivity index (χ2n) is 6.18. The van der Waals surface area contributed by atoms with Gasteiger partial charge in [0.15, 0.2) is 0 Å². The molecule has 0 atom stereocenters. The van der Waals surface area contributed by atoms with Gasteiger partial charge in [0.05, 0.1) is 15.6 Å². The molecule has 6 nitrogen and oxygen atoms in total. The molecule has 7 heteroatoms. The summed E-state index contributed by atoms with van der Waals surface area (Å²) < 4.78 is 0. The third kappa shape index (κ3) is 5.08. The summed E-state index contributed by atoms with van der Waals surface area (Å²) in [6, 6.07) is 22.9. The van der Waals surface area contributed by atoms with Crippen LogP contribution in [0.15, 0.2) is 78.9 Å². The number of carbonyl (C=O) groups is 1. The van der Waals surface area contributed by atoms with E-state index < -0.39 is 4.92 Å². The lowest BCUT2D eigenvalue weighted by Crippen LogP contribution is -2.34. The Hall–Kier alpha value is -3.38. The molecule has 0 aliphatic carbocycles. The number of halogens is 1. The van der Waals surface area contributed by atoms with Crippen molar-refractivity contribution >= 4 is 29.0 Å². The monoisotopic (exact) mass is 395 g/mol. The van der Waals surface area contributed by atoms with Gasteiger partial charge in [-0.15, -0.1) is 0 Å². The highest BCUT2D eigenvalue weighted by Crippen LogP contribution is 2.27. The number of benzene rings is 3. The van der Waals surface area contributed by atoms with Crippen LogP contribution in [0.5, 0.6) is 0 Å². The molecule has 0 aromatic heterocycles. The van der Waals surface area contributed by atoms with Crippen molar-refractivity contribution in [2.75, 3.05) is 5.32 Å². The molecule has 0 unspecified atom stereocenters. The number of hydrogen-bond donors (Lipinski definition) is 1. The zero-order chi connectivity index (χ0) is 19.9. The molecule has 0 heterocycles. The molecule has 0 radical (unpaired) electrons.